The molecule has 4 heteroatoms. The van der Waals surface area contributed by atoms with Crippen molar-refractivity contribution >= 4 is 5.91 Å². The summed E-state index contributed by atoms with van der Waals surface area (Å²) < 4.78 is 5.55. The van der Waals surface area contributed by atoms with Crippen LogP contribution in [0.4, 0.5) is 0 Å². The lowest BCUT2D eigenvalue weighted by atomic mass is 10.0. The van der Waals surface area contributed by atoms with E-state index in [4.69, 9.17) is 4.52 Å². The van der Waals surface area contributed by atoms with Gasteiger partial charge in [-0.25, -0.2) is 0 Å². The van der Waals surface area contributed by atoms with Gasteiger partial charge in [0.05, 0.1) is 6.54 Å². The molecule has 0 saturated heterocycles. The first-order valence-corrected chi connectivity index (χ1v) is 8.76. The van der Waals surface area contributed by atoms with Gasteiger partial charge in [0.1, 0.15) is 5.69 Å². The molecule has 0 atom stereocenters. The van der Waals surface area contributed by atoms with Gasteiger partial charge in [0.25, 0.3) is 0 Å². The van der Waals surface area contributed by atoms with Gasteiger partial charge in [-0.3, -0.25) is 4.79 Å². The summed E-state index contributed by atoms with van der Waals surface area (Å²) in [6, 6.07) is 8.24. The largest absolute Gasteiger partial charge is 0.356 e. The van der Waals surface area contributed by atoms with E-state index in [2.05, 4.69) is 51.1 Å². The summed E-state index contributed by atoms with van der Waals surface area (Å²) in [7, 11) is 0. The maximum absolute atomic E-state index is 12.5. The lowest BCUT2D eigenvalue weighted by molar-refractivity contribution is -0.133. The summed E-state index contributed by atoms with van der Waals surface area (Å²) in [5, 5.41) is 4.20. The van der Waals surface area contributed by atoms with Crippen molar-refractivity contribution in [2.24, 2.45) is 11.8 Å². The Labute approximate surface area is 143 Å². The third kappa shape index (κ3) is 3.86. The number of carbonyl (C=O) groups is 1. The van der Waals surface area contributed by atoms with Crippen molar-refractivity contribution in [2.75, 3.05) is 6.54 Å². The molecule has 1 amide bonds. The fraction of sp³-hybridized carbons (Fsp3) is 0.500. The number of hydrogen-bond donors (Lipinski definition) is 0. The minimum Gasteiger partial charge on any atom is -0.356 e. The topological polar surface area (TPSA) is 46.3 Å². The molecular weight excluding hydrogens is 300 g/mol. The van der Waals surface area contributed by atoms with E-state index >= 15 is 0 Å². The molecule has 0 spiro atoms. The van der Waals surface area contributed by atoms with Crippen molar-refractivity contribution in [1.29, 1.82) is 0 Å². The maximum atomic E-state index is 12.5. The predicted octanol–water partition coefficient (Wildman–Crippen LogP) is 4.35. The lowest BCUT2D eigenvalue weighted by Crippen LogP contribution is -2.34. The van der Waals surface area contributed by atoms with Gasteiger partial charge in [0.15, 0.2) is 5.76 Å². The van der Waals surface area contributed by atoms with Crippen molar-refractivity contribution in [1.82, 2.24) is 10.1 Å². The van der Waals surface area contributed by atoms with Gasteiger partial charge in [0, 0.05) is 24.1 Å². The molecule has 1 aliphatic rings. The Hall–Kier alpha value is -2.10. The van der Waals surface area contributed by atoms with E-state index in [0.29, 0.717) is 12.5 Å². The second-order valence-corrected chi connectivity index (χ2v) is 7.39. The molecule has 1 saturated carbocycles. The van der Waals surface area contributed by atoms with Crippen molar-refractivity contribution in [3.63, 3.8) is 0 Å². The van der Waals surface area contributed by atoms with Crippen molar-refractivity contribution < 1.29 is 9.32 Å². The van der Waals surface area contributed by atoms with E-state index in [-0.39, 0.29) is 11.8 Å². The predicted molar refractivity (Wildman–Crippen MR) is 94.4 cm³/mol. The van der Waals surface area contributed by atoms with Crippen LogP contribution in [0.2, 0.25) is 0 Å². The summed E-state index contributed by atoms with van der Waals surface area (Å²) in [4.78, 5) is 14.4. The van der Waals surface area contributed by atoms with E-state index in [1.54, 1.807) is 0 Å². The second-order valence-electron chi connectivity index (χ2n) is 7.39. The highest BCUT2D eigenvalue weighted by molar-refractivity contribution is 5.81. The summed E-state index contributed by atoms with van der Waals surface area (Å²) in [6.07, 6.45) is 2.06. The van der Waals surface area contributed by atoms with Crippen LogP contribution < -0.4 is 0 Å². The van der Waals surface area contributed by atoms with Crippen LogP contribution in [0, 0.1) is 25.7 Å². The van der Waals surface area contributed by atoms with Crippen LogP contribution in [0.1, 0.15) is 43.5 Å². The van der Waals surface area contributed by atoms with Crippen LogP contribution in [-0.2, 0) is 11.3 Å². The van der Waals surface area contributed by atoms with Gasteiger partial charge in [-0.15, -0.1) is 0 Å². The molecule has 0 N–H and O–H groups in total. The number of rotatable bonds is 6. The van der Waals surface area contributed by atoms with E-state index in [0.717, 1.165) is 36.4 Å². The van der Waals surface area contributed by atoms with E-state index in [9.17, 15) is 4.79 Å². The summed E-state index contributed by atoms with van der Waals surface area (Å²) in [5.74, 6) is 1.71. The first-order valence-electron chi connectivity index (χ1n) is 8.76. The fourth-order valence-corrected chi connectivity index (χ4v) is 3.06. The molecule has 1 fully saturated rings. The Morgan fingerprint density at radius 3 is 2.67 bits per heavy atom. The number of nitrogens with zero attached hydrogens (tertiary/aromatic N) is 2. The Kier molecular flexibility index (Phi) is 4.74. The monoisotopic (exact) mass is 326 g/mol. The fourth-order valence-electron chi connectivity index (χ4n) is 3.06. The zero-order valence-corrected chi connectivity index (χ0v) is 15.0. The van der Waals surface area contributed by atoms with Gasteiger partial charge in [-0.05, 0) is 38.2 Å². The van der Waals surface area contributed by atoms with Gasteiger partial charge in [-0.2, -0.15) is 0 Å². The Morgan fingerprint density at radius 2 is 2.04 bits per heavy atom. The lowest BCUT2D eigenvalue weighted by Gasteiger charge is -2.23. The first-order chi connectivity index (χ1) is 11.4. The minimum atomic E-state index is 0.231. The average molecular weight is 326 g/mol. The molecule has 1 aromatic heterocycles. The van der Waals surface area contributed by atoms with Crippen molar-refractivity contribution in [3.05, 3.63) is 41.1 Å². The third-order valence-electron chi connectivity index (χ3n) is 4.38. The van der Waals surface area contributed by atoms with Crippen LogP contribution in [0.15, 0.2) is 28.8 Å². The normalized spacial score (nSPS) is 14.2. The average Bonchev–Trinajstić information content (AvgIpc) is 3.26. The highest BCUT2D eigenvalue weighted by Crippen LogP contribution is 2.32. The Morgan fingerprint density at radius 1 is 1.29 bits per heavy atom. The highest BCUT2D eigenvalue weighted by Gasteiger charge is 2.33. The molecule has 1 aliphatic carbocycles. The van der Waals surface area contributed by atoms with Crippen LogP contribution >= 0.6 is 0 Å². The number of aromatic nitrogens is 1. The van der Waals surface area contributed by atoms with Crippen LogP contribution in [-0.4, -0.2) is 22.5 Å². The smallest absolute Gasteiger partial charge is 0.226 e. The van der Waals surface area contributed by atoms with Crippen LogP contribution in [0.25, 0.3) is 11.3 Å². The number of benzene rings is 1. The van der Waals surface area contributed by atoms with E-state index in [1.807, 2.05) is 11.0 Å². The zero-order chi connectivity index (χ0) is 17.3. The molecule has 4 nitrogen and oxygen atoms in total. The molecule has 2 aromatic rings. The Balaban J connectivity index is 1.77. The molecule has 24 heavy (non-hydrogen) atoms. The van der Waals surface area contributed by atoms with Crippen molar-refractivity contribution in [2.45, 2.75) is 47.1 Å². The molecule has 0 aliphatic heterocycles. The van der Waals surface area contributed by atoms with Gasteiger partial charge in [-0.1, -0.05) is 42.8 Å². The number of aryl methyl sites for hydroxylation is 2. The van der Waals surface area contributed by atoms with Crippen LogP contribution in [0.5, 0.6) is 0 Å². The van der Waals surface area contributed by atoms with Gasteiger partial charge < -0.3 is 9.42 Å². The minimum absolute atomic E-state index is 0.231. The van der Waals surface area contributed by atoms with Gasteiger partial charge >= 0.3 is 0 Å². The standard InChI is InChI=1S/C20H26N2O2/c1-13(2)11-22(20(23)16-6-7-16)12-17-10-19(24-21-17)18-8-5-14(3)9-15(18)4/h5,8-10,13,16H,6-7,11-12H2,1-4H3. The van der Waals surface area contributed by atoms with Crippen LogP contribution in [0.3, 0.4) is 0 Å². The molecule has 0 radical (unpaired) electrons. The molecule has 1 aromatic carbocycles. The molecule has 0 bridgehead atoms. The molecular formula is C20H26N2O2. The van der Waals surface area contributed by atoms with Gasteiger partial charge in [0.2, 0.25) is 5.91 Å². The number of amides is 1. The quantitative estimate of drug-likeness (QED) is 0.792. The summed E-state index contributed by atoms with van der Waals surface area (Å²) >= 11 is 0. The summed E-state index contributed by atoms with van der Waals surface area (Å²) in [5.41, 5.74) is 4.28. The summed E-state index contributed by atoms with van der Waals surface area (Å²) in [6.45, 7) is 9.72. The molecule has 128 valence electrons. The molecule has 1 heterocycles. The number of hydrogen-bond acceptors (Lipinski definition) is 3. The Bertz CT molecular complexity index is 729. The first kappa shape index (κ1) is 16.7. The van der Waals surface area contributed by atoms with Crippen molar-refractivity contribution in [3.8, 4) is 11.3 Å². The third-order valence-corrected chi connectivity index (χ3v) is 4.38. The van der Waals surface area contributed by atoms with E-state index < -0.39 is 0 Å². The maximum Gasteiger partial charge on any atom is 0.226 e. The zero-order valence-electron chi connectivity index (χ0n) is 15.0. The molecule has 3 rings (SSSR count). The molecule has 0 unspecified atom stereocenters. The second kappa shape index (κ2) is 6.80. The highest BCUT2D eigenvalue weighted by atomic mass is 16.5. The number of carbonyl (C=O) groups excluding carboxylic acids is 1. The van der Waals surface area contributed by atoms with E-state index in [1.165, 1.54) is 11.1 Å². The SMILES string of the molecule is Cc1ccc(-c2cc(CN(CC(C)C)C(=O)C3CC3)no2)c(C)c1.